The van der Waals surface area contributed by atoms with Crippen LogP contribution in [0.25, 0.3) is 11.1 Å². The van der Waals surface area contributed by atoms with Gasteiger partial charge in [-0.15, -0.1) is 0 Å². The summed E-state index contributed by atoms with van der Waals surface area (Å²) in [5, 5.41) is 26.6. The quantitative estimate of drug-likeness (QED) is 0.209. The first-order valence-corrected chi connectivity index (χ1v) is 11.6. The molecule has 2 aliphatic rings. The highest BCUT2D eigenvalue weighted by molar-refractivity contribution is 6.30. The molecule has 0 aromatic heterocycles. The number of carbonyl (C=O) groups is 4. The number of aliphatic carboxylic acids is 2. The van der Waals surface area contributed by atoms with Crippen LogP contribution in [0.15, 0.2) is 94.2 Å². The average molecular weight is 543 g/mol. The Bertz CT molecular complexity index is 1490. The largest absolute Gasteiger partial charge is 0.494 e. The van der Waals surface area contributed by atoms with Crippen LogP contribution in [0.4, 0.5) is 11.4 Å². The Balaban J connectivity index is 1.54. The summed E-state index contributed by atoms with van der Waals surface area (Å²) in [6, 6.07) is 10.6. The molecule has 0 amide bonds. The van der Waals surface area contributed by atoms with Crippen LogP contribution in [0.5, 0.6) is 11.5 Å². The summed E-state index contributed by atoms with van der Waals surface area (Å²) in [5.41, 5.74) is 7.97. The molecule has 0 saturated carbocycles. The second-order valence-electron chi connectivity index (χ2n) is 8.25. The van der Waals surface area contributed by atoms with E-state index in [0.717, 1.165) is 23.3 Å². The van der Waals surface area contributed by atoms with Gasteiger partial charge in [-0.05, 0) is 71.8 Å². The van der Waals surface area contributed by atoms with Gasteiger partial charge in [-0.3, -0.25) is 20.4 Å². The third kappa shape index (κ3) is 6.02. The minimum atomic E-state index is -1.33. The third-order valence-electron chi connectivity index (χ3n) is 5.73. The number of anilines is 2. The highest BCUT2D eigenvalue weighted by atomic mass is 16.5. The van der Waals surface area contributed by atoms with E-state index in [1.54, 1.807) is 24.3 Å². The fourth-order valence-electron chi connectivity index (χ4n) is 3.69. The molecule has 0 saturated heterocycles. The number of carboxylic acid groups (broad SMARTS) is 2. The minimum absolute atomic E-state index is 0.254. The SMILES string of the molecule is COc1cc(-c2ccc(N/N=C3\C=CC(=O)C(C(=O)O)=C3)c(OC)c2)ccc1N/N=C1/C=CC(=O)C(C(=O)O)=C1. The van der Waals surface area contributed by atoms with Gasteiger partial charge in [0.25, 0.3) is 0 Å². The lowest BCUT2D eigenvalue weighted by Crippen LogP contribution is -2.16. The van der Waals surface area contributed by atoms with E-state index in [0.29, 0.717) is 22.9 Å². The number of methoxy groups -OCH3 is 2. The van der Waals surface area contributed by atoms with E-state index in [9.17, 15) is 19.2 Å². The highest BCUT2D eigenvalue weighted by Crippen LogP contribution is 2.35. The van der Waals surface area contributed by atoms with Crippen LogP contribution in [0.1, 0.15) is 0 Å². The third-order valence-corrected chi connectivity index (χ3v) is 5.73. The second kappa shape index (κ2) is 11.7. The van der Waals surface area contributed by atoms with E-state index in [2.05, 4.69) is 21.1 Å². The van der Waals surface area contributed by atoms with E-state index in [1.807, 2.05) is 12.1 Å². The molecule has 40 heavy (non-hydrogen) atoms. The van der Waals surface area contributed by atoms with Gasteiger partial charge in [-0.25, -0.2) is 9.59 Å². The summed E-state index contributed by atoms with van der Waals surface area (Å²) in [4.78, 5) is 45.7. The second-order valence-corrected chi connectivity index (χ2v) is 8.25. The van der Waals surface area contributed by atoms with Crippen LogP contribution >= 0.6 is 0 Å². The number of nitrogens with zero attached hydrogens (tertiary/aromatic N) is 2. The van der Waals surface area contributed by atoms with Crippen LogP contribution in [0.2, 0.25) is 0 Å². The fourth-order valence-corrected chi connectivity index (χ4v) is 3.69. The summed E-state index contributed by atoms with van der Waals surface area (Å²) < 4.78 is 11.0. The van der Waals surface area contributed by atoms with Crippen molar-refractivity contribution in [1.82, 2.24) is 0 Å². The maximum Gasteiger partial charge on any atom is 0.339 e. The Labute approximate surface area is 227 Å². The molecule has 0 atom stereocenters. The summed E-state index contributed by atoms with van der Waals surface area (Å²) >= 11 is 0. The van der Waals surface area contributed by atoms with E-state index in [-0.39, 0.29) is 22.6 Å². The Morgan fingerprint density at radius 1 is 0.675 bits per heavy atom. The molecule has 2 aromatic rings. The molecule has 2 aliphatic carbocycles. The molecule has 202 valence electrons. The van der Waals surface area contributed by atoms with Crippen LogP contribution in [0, 0.1) is 0 Å². The van der Waals surface area contributed by atoms with Gasteiger partial charge in [0, 0.05) is 0 Å². The molecule has 4 N–H and O–H groups in total. The van der Waals surface area contributed by atoms with Crippen molar-refractivity contribution in [3.05, 3.63) is 84.0 Å². The summed E-state index contributed by atoms with van der Waals surface area (Å²) in [6.07, 6.45) is 7.44. The Morgan fingerprint density at radius 3 is 1.43 bits per heavy atom. The molecule has 2 aromatic carbocycles. The topological polar surface area (TPSA) is 176 Å². The number of hydrogen-bond donors (Lipinski definition) is 4. The number of nitrogens with one attached hydrogen (secondary N) is 2. The molecule has 0 bridgehead atoms. The summed E-state index contributed by atoms with van der Waals surface area (Å²) in [6.45, 7) is 0. The van der Waals surface area contributed by atoms with Gasteiger partial charge in [-0.1, -0.05) is 12.1 Å². The van der Waals surface area contributed by atoms with Gasteiger partial charge in [0.1, 0.15) is 22.6 Å². The van der Waals surface area contributed by atoms with Crippen molar-refractivity contribution in [2.45, 2.75) is 0 Å². The zero-order chi connectivity index (χ0) is 28.8. The number of ether oxygens (including phenoxy) is 2. The van der Waals surface area contributed by atoms with Crippen molar-refractivity contribution in [2.75, 3.05) is 25.1 Å². The van der Waals surface area contributed by atoms with Gasteiger partial charge in [0.15, 0.2) is 11.6 Å². The predicted molar refractivity (Wildman–Crippen MR) is 147 cm³/mol. The minimum Gasteiger partial charge on any atom is -0.494 e. The maximum atomic E-state index is 11.7. The lowest BCUT2D eigenvalue weighted by molar-refractivity contribution is -0.135. The van der Waals surface area contributed by atoms with E-state index < -0.39 is 23.5 Å². The number of hydrogen-bond acceptors (Lipinski definition) is 10. The molecule has 0 spiro atoms. The first kappa shape index (κ1) is 27.3. The number of hydrazone groups is 2. The van der Waals surface area contributed by atoms with Crippen molar-refractivity contribution in [3.8, 4) is 22.6 Å². The average Bonchev–Trinajstić information content (AvgIpc) is 2.95. The van der Waals surface area contributed by atoms with Crippen molar-refractivity contribution in [3.63, 3.8) is 0 Å². The van der Waals surface area contributed by atoms with Crippen molar-refractivity contribution < 1.29 is 38.9 Å². The Morgan fingerprint density at radius 2 is 1.07 bits per heavy atom. The number of benzene rings is 2. The number of carboxylic acids is 2. The lowest BCUT2D eigenvalue weighted by Gasteiger charge is -2.14. The first-order valence-electron chi connectivity index (χ1n) is 11.6. The van der Waals surface area contributed by atoms with Crippen molar-refractivity contribution in [2.24, 2.45) is 10.2 Å². The molecule has 0 fully saturated rings. The number of carbonyl (C=O) groups excluding carboxylic acids is 2. The van der Waals surface area contributed by atoms with Crippen LogP contribution in [-0.2, 0) is 19.2 Å². The van der Waals surface area contributed by atoms with E-state index in [1.165, 1.54) is 38.5 Å². The highest BCUT2D eigenvalue weighted by Gasteiger charge is 2.20. The predicted octanol–water partition coefficient (Wildman–Crippen LogP) is 3.21. The van der Waals surface area contributed by atoms with Gasteiger partial charge in [0.05, 0.1) is 37.0 Å². The van der Waals surface area contributed by atoms with Crippen LogP contribution < -0.4 is 20.3 Å². The molecule has 12 heteroatoms. The number of ketones is 2. The molecule has 0 radical (unpaired) electrons. The summed E-state index contributed by atoms with van der Waals surface area (Å²) in [7, 11) is 2.98. The van der Waals surface area contributed by atoms with Gasteiger partial charge in [-0.2, -0.15) is 10.2 Å². The van der Waals surface area contributed by atoms with Gasteiger partial charge in [0.2, 0.25) is 0 Å². The normalized spacial score (nSPS) is 16.4. The fraction of sp³-hybridized carbons (Fsp3) is 0.0714. The van der Waals surface area contributed by atoms with Gasteiger partial charge < -0.3 is 19.7 Å². The van der Waals surface area contributed by atoms with Crippen molar-refractivity contribution in [1.29, 1.82) is 0 Å². The number of rotatable bonds is 9. The molecule has 0 aliphatic heterocycles. The zero-order valence-electron chi connectivity index (χ0n) is 21.2. The Kier molecular flexibility index (Phi) is 7.99. The van der Waals surface area contributed by atoms with Gasteiger partial charge >= 0.3 is 11.9 Å². The Hall–Kier alpha value is -5.78. The molecule has 0 heterocycles. The van der Waals surface area contributed by atoms with E-state index in [4.69, 9.17) is 19.7 Å². The molecule has 0 unspecified atom stereocenters. The monoisotopic (exact) mass is 542 g/mol. The first-order chi connectivity index (χ1) is 19.2. The molecular weight excluding hydrogens is 520 g/mol. The summed E-state index contributed by atoms with van der Waals surface area (Å²) in [5.74, 6) is -2.98. The number of allylic oxidation sites excluding steroid dienone is 6. The van der Waals surface area contributed by atoms with E-state index >= 15 is 0 Å². The zero-order valence-corrected chi connectivity index (χ0v) is 21.2. The smallest absolute Gasteiger partial charge is 0.339 e. The van der Waals surface area contributed by atoms with Crippen LogP contribution in [0.3, 0.4) is 0 Å². The van der Waals surface area contributed by atoms with Crippen molar-refractivity contribution >= 4 is 46.3 Å². The standard InChI is InChI=1S/C28H22N4O8/c1-39-25-11-15(3-7-21(25)31-29-17-5-9-23(33)19(13-17)27(35)36)16-4-8-22(26(12-16)40-2)32-30-18-6-10-24(34)20(14-18)28(37)38/h3-14,31-32H,1-2H3,(H,35,36)(H,37,38)/b29-17-,30-18+. The molecular formula is C28H22N4O8. The molecule has 12 nitrogen and oxygen atoms in total. The lowest BCUT2D eigenvalue weighted by atomic mass is 10.0. The maximum absolute atomic E-state index is 11.7. The molecule has 4 rings (SSSR count). The van der Waals surface area contributed by atoms with Crippen LogP contribution in [-0.4, -0.2) is 59.4 Å².